The molecule has 6 rings (SSSR count). The van der Waals surface area contributed by atoms with Crippen molar-refractivity contribution in [2.24, 2.45) is 24.8 Å². The van der Waals surface area contributed by atoms with Crippen molar-refractivity contribution in [2.75, 3.05) is 5.75 Å². The summed E-state index contributed by atoms with van der Waals surface area (Å²) in [4.78, 5) is 24.9. The Morgan fingerprint density at radius 1 is 1.12 bits per heavy atom. The third-order valence-electron chi connectivity index (χ3n) is 7.23. The first-order chi connectivity index (χ1) is 15.4. The molecule has 4 bridgehead atoms. The molecular formula is C23H28FN5O2S. The Morgan fingerprint density at radius 2 is 1.78 bits per heavy atom. The smallest absolute Gasteiger partial charge is 0.254 e. The van der Waals surface area contributed by atoms with Crippen LogP contribution in [0.15, 0.2) is 29.4 Å². The fourth-order valence-corrected chi connectivity index (χ4v) is 6.98. The number of nitrogens with zero attached hydrogens (tertiary/aromatic N) is 3. The summed E-state index contributed by atoms with van der Waals surface area (Å²) in [6, 6.07) is 5.84. The average molecular weight is 458 g/mol. The number of rotatable bonds is 7. The number of carbonyl (C=O) groups is 2. The van der Waals surface area contributed by atoms with Crippen LogP contribution in [0.4, 0.5) is 4.39 Å². The van der Waals surface area contributed by atoms with E-state index in [0.29, 0.717) is 11.0 Å². The average Bonchev–Trinajstić information content (AvgIpc) is 3.09. The Labute approximate surface area is 190 Å². The van der Waals surface area contributed by atoms with Crippen LogP contribution in [-0.4, -0.2) is 37.9 Å². The molecule has 0 atom stereocenters. The van der Waals surface area contributed by atoms with Gasteiger partial charge in [-0.2, -0.15) is 0 Å². The number of hydrogen-bond acceptors (Lipinski definition) is 5. The van der Waals surface area contributed by atoms with Crippen LogP contribution in [0.2, 0.25) is 0 Å². The fraction of sp³-hybridized carbons (Fsp3) is 0.565. The molecule has 4 fully saturated rings. The molecular weight excluding hydrogens is 429 g/mol. The molecule has 4 aliphatic rings. The van der Waals surface area contributed by atoms with Crippen LogP contribution in [0, 0.1) is 23.6 Å². The van der Waals surface area contributed by atoms with E-state index in [2.05, 4.69) is 20.8 Å². The van der Waals surface area contributed by atoms with Crippen molar-refractivity contribution in [1.29, 1.82) is 0 Å². The fourth-order valence-electron chi connectivity index (χ4n) is 6.25. The van der Waals surface area contributed by atoms with Gasteiger partial charge in [0, 0.05) is 12.6 Å². The molecule has 1 heterocycles. The van der Waals surface area contributed by atoms with Gasteiger partial charge in [-0.25, -0.2) is 4.39 Å². The number of nitrogens with one attached hydrogen (secondary N) is 2. The van der Waals surface area contributed by atoms with E-state index in [1.54, 1.807) is 17.7 Å². The van der Waals surface area contributed by atoms with Gasteiger partial charge in [0.25, 0.3) is 5.91 Å². The van der Waals surface area contributed by atoms with Gasteiger partial charge in [0.2, 0.25) is 5.91 Å². The summed E-state index contributed by atoms with van der Waals surface area (Å²) in [7, 11) is 1.80. The summed E-state index contributed by atoms with van der Waals surface area (Å²) in [6.45, 7) is 0.122. The third kappa shape index (κ3) is 4.27. The summed E-state index contributed by atoms with van der Waals surface area (Å²) in [5.41, 5.74) is -0.000323. The lowest BCUT2D eigenvalue weighted by atomic mass is 9.53. The summed E-state index contributed by atoms with van der Waals surface area (Å²) in [5, 5.41) is 14.9. The predicted octanol–water partition coefficient (Wildman–Crippen LogP) is 3.06. The molecule has 0 radical (unpaired) electrons. The highest BCUT2D eigenvalue weighted by Gasteiger charge is 2.51. The monoisotopic (exact) mass is 457 g/mol. The van der Waals surface area contributed by atoms with E-state index >= 15 is 0 Å². The molecule has 0 unspecified atom stereocenters. The minimum atomic E-state index is -0.566. The highest BCUT2D eigenvalue weighted by atomic mass is 32.2. The van der Waals surface area contributed by atoms with Gasteiger partial charge < -0.3 is 15.2 Å². The first-order valence-corrected chi connectivity index (χ1v) is 12.2. The van der Waals surface area contributed by atoms with Crippen LogP contribution in [-0.2, 0) is 18.4 Å². The molecule has 32 heavy (non-hydrogen) atoms. The SMILES string of the molecule is Cn1c(CNC(=O)c2ccccc2F)nnc1SCC(=O)NC12CC3CC(CC(C3)C1)C2. The Morgan fingerprint density at radius 3 is 2.44 bits per heavy atom. The third-order valence-corrected chi connectivity index (χ3v) is 8.25. The van der Waals surface area contributed by atoms with Gasteiger partial charge in [-0.3, -0.25) is 9.59 Å². The Kier molecular flexibility index (Phi) is 5.69. The van der Waals surface area contributed by atoms with Crippen molar-refractivity contribution in [1.82, 2.24) is 25.4 Å². The van der Waals surface area contributed by atoms with Crippen molar-refractivity contribution >= 4 is 23.6 Å². The molecule has 9 heteroatoms. The van der Waals surface area contributed by atoms with Gasteiger partial charge in [-0.15, -0.1) is 10.2 Å². The van der Waals surface area contributed by atoms with Crippen LogP contribution < -0.4 is 10.6 Å². The Bertz CT molecular complexity index is 1000. The van der Waals surface area contributed by atoms with E-state index in [9.17, 15) is 14.0 Å². The number of thioether (sulfide) groups is 1. The van der Waals surface area contributed by atoms with Gasteiger partial charge in [-0.05, 0) is 68.4 Å². The zero-order valence-corrected chi connectivity index (χ0v) is 19.0. The summed E-state index contributed by atoms with van der Waals surface area (Å²) < 4.78 is 15.5. The second-order valence-corrected chi connectivity index (χ2v) is 10.6. The van der Waals surface area contributed by atoms with Crippen molar-refractivity contribution in [3.05, 3.63) is 41.5 Å². The molecule has 1 aromatic carbocycles. The molecule has 170 valence electrons. The molecule has 2 N–H and O–H groups in total. The highest BCUT2D eigenvalue weighted by Crippen LogP contribution is 2.55. The summed E-state index contributed by atoms with van der Waals surface area (Å²) >= 11 is 1.34. The number of hydrogen-bond donors (Lipinski definition) is 2. The Balaban J connectivity index is 1.14. The first-order valence-electron chi connectivity index (χ1n) is 11.3. The van der Waals surface area contributed by atoms with Gasteiger partial charge in [0.15, 0.2) is 11.0 Å². The molecule has 2 aromatic rings. The topological polar surface area (TPSA) is 88.9 Å². The van der Waals surface area contributed by atoms with Gasteiger partial charge in [0.05, 0.1) is 17.9 Å². The quantitative estimate of drug-likeness (QED) is 0.624. The maximum Gasteiger partial charge on any atom is 0.254 e. The number of benzene rings is 1. The molecule has 2 amide bonds. The minimum absolute atomic E-state index is 0.00837. The number of aromatic nitrogens is 3. The van der Waals surface area contributed by atoms with E-state index in [0.717, 1.165) is 37.0 Å². The maximum absolute atomic E-state index is 13.8. The number of amides is 2. The molecule has 0 aliphatic heterocycles. The lowest BCUT2D eigenvalue weighted by molar-refractivity contribution is -0.124. The molecule has 4 aliphatic carbocycles. The maximum atomic E-state index is 13.8. The van der Waals surface area contributed by atoms with Crippen molar-refractivity contribution in [2.45, 2.75) is 55.8 Å². The lowest BCUT2D eigenvalue weighted by Gasteiger charge is -2.56. The molecule has 1 aromatic heterocycles. The normalized spacial score (nSPS) is 28.0. The van der Waals surface area contributed by atoms with E-state index < -0.39 is 11.7 Å². The van der Waals surface area contributed by atoms with E-state index in [4.69, 9.17) is 0 Å². The van der Waals surface area contributed by atoms with Crippen LogP contribution in [0.3, 0.4) is 0 Å². The zero-order valence-electron chi connectivity index (χ0n) is 18.1. The second-order valence-electron chi connectivity index (χ2n) is 9.66. The van der Waals surface area contributed by atoms with Crippen molar-refractivity contribution in [3.8, 4) is 0 Å². The minimum Gasteiger partial charge on any atom is -0.350 e. The van der Waals surface area contributed by atoms with E-state index in [1.165, 1.54) is 49.2 Å². The molecule has 4 saturated carbocycles. The summed E-state index contributed by atoms with van der Waals surface area (Å²) in [6.07, 6.45) is 7.43. The highest BCUT2D eigenvalue weighted by molar-refractivity contribution is 7.99. The predicted molar refractivity (Wildman–Crippen MR) is 118 cm³/mol. The van der Waals surface area contributed by atoms with Gasteiger partial charge in [0.1, 0.15) is 5.82 Å². The van der Waals surface area contributed by atoms with Gasteiger partial charge in [-0.1, -0.05) is 23.9 Å². The summed E-state index contributed by atoms with van der Waals surface area (Å²) in [5.74, 6) is 2.17. The molecule has 0 saturated heterocycles. The number of carbonyl (C=O) groups excluding carboxylic acids is 2. The molecule has 0 spiro atoms. The van der Waals surface area contributed by atoms with Crippen LogP contribution in [0.1, 0.15) is 54.7 Å². The number of halogens is 1. The van der Waals surface area contributed by atoms with Crippen LogP contribution >= 0.6 is 11.8 Å². The lowest BCUT2D eigenvalue weighted by Crippen LogP contribution is -2.60. The van der Waals surface area contributed by atoms with Crippen molar-refractivity contribution < 1.29 is 14.0 Å². The van der Waals surface area contributed by atoms with E-state index in [-0.39, 0.29) is 29.3 Å². The van der Waals surface area contributed by atoms with Crippen LogP contribution in [0.25, 0.3) is 0 Å². The molecule has 7 nitrogen and oxygen atoms in total. The Hall–Kier alpha value is -2.42. The largest absolute Gasteiger partial charge is 0.350 e. The van der Waals surface area contributed by atoms with Crippen LogP contribution in [0.5, 0.6) is 0 Å². The van der Waals surface area contributed by atoms with E-state index in [1.807, 2.05) is 0 Å². The zero-order chi connectivity index (χ0) is 22.3. The van der Waals surface area contributed by atoms with Crippen molar-refractivity contribution in [3.63, 3.8) is 0 Å². The standard InChI is InChI=1S/C23H28FN5O2S/c1-29-19(12-25-21(31)17-4-2-3-5-18(17)24)27-28-22(29)32-13-20(30)26-23-9-14-6-15(10-23)8-16(7-14)11-23/h2-5,14-16H,6-13H2,1H3,(H,25,31)(H,26,30). The first kappa shape index (κ1) is 21.4. The van der Waals surface area contributed by atoms with Gasteiger partial charge >= 0.3 is 0 Å². The second kappa shape index (κ2) is 8.50.